The van der Waals surface area contributed by atoms with Crippen LogP contribution in [0.5, 0.6) is 0 Å². The summed E-state index contributed by atoms with van der Waals surface area (Å²) >= 11 is 0. The molecule has 1 saturated heterocycles. The highest BCUT2D eigenvalue weighted by Crippen LogP contribution is 2.32. The second-order valence-corrected chi connectivity index (χ2v) is 6.23. The molecule has 0 aromatic carbocycles. The molecule has 4 heteroatoms. The Labute approximate surface area is 120 Å². The monoisotopic (exact) mass is 274 g/mol. The van der Waals surface area contributed by atoms with Gasteiger partial charge < -0.3 is 10.0 Å². The Hall–Kier alpha value is -1.84. The largest absolute Gasteiger partial charge is 0.478 e. The Balaban J connectivity index is 2.12. The first-order chi connectivity index (χ1) is 9.37. The van der Waals surface area contributed by atoms with Gasteiger partial charge >= 0.3 is 5.97 Å². The topological polar surface area (TPSA) is 53.4 Å². The zero-order chi connectivity index (χ0) is 14.8. The van der Waals surface area contributed by atoms with Gasteiger partial charge in [0.05, 0.1) is 0 Å². The van der Waals surface area contributed by atoms with E-state index in [1.807, 2.05) is 13.0 Å². The van der Waals surface area contributed by atoms with Crippen LogP contribution in [-0.2, 0) is 4.79 Å². The number of aromatic nitrogens is 1. The summed E-state index contributed by atoms with van der Waals surface area (Å²) in [5, 5.41) is 8.64. The van der Waals surface area contributed by atoms with Crippen molar-refractivity contribution in [3.63, 3.8) is 0 Å². The lowest BCUT2D eigenvalue weighted by atomic mass is 9.82. The number of anilines is 1. The molecule has 1 N–H and O–H groups in total. The van der Waals surface area contributed by atoms with Crippen molar-refractivity contribution >= 4 is 17.9 Å². The van der Waals surface area contributed by atoms with Gasteiger partial charge in [-0.1, -0.05) is 13.8 Å². The number of nitrogens with zero attached hydrogens (tertiary/aromatic N) is 2. The first-order valence-electron chi connectivity index (χ1n) is 7.00. The summed E-state index contributed by atoms with van der Waals surface area (Å²) in [5.41, 5.74) is 2.34. The van der Waals surface area contributed by atoms with Crippen molar-refractivity contribution in [1.82, 2.24) is 4.98 Å². The van der Waals surface area contributed by atoms with Crippen LogP contribution < -0.4 is 4.90 Å². The molecule has 0 bridgehead atoms. The highest BCUT2D eigenvalue weighted by molar-refractivity contribution is 5.85. The number of hydrogen-bond acceptors (Lipinski definition) is 3. The summed E-state index contributed by atoms with van der Waals surface area (Å²) in [6.07, 6.45) is 6.80. The maximum atomic E-state index is 10.5. The standard InChI is InChI=1S/C16H22N2O2/c1-12-10-13(4-5-14(19)20)11-17-15(12)18-8-6-16(2,3)7-9-18/h4-5,10-11H,6-9H2,1-3H3,(H,19,20)/b5-4+. The molecule has 0 spiro atoms. The summed E-state index contributed by atoms with van der Waals surface area (Å²) < 4.78 is 0. The zero-order valence-corrected chi connectivity index (χ0v) is 12.4. The normalized spacial score (nSPS) is 18.4. The van der Waals surface area contributed by atoms with Crippen LogP contribution in [0.25, 0.3) is 6.08 Å². The second kappa shape index (κ2) is 5.65. The van der Waals surface area contributed by atoms with Crippen molar-refractivity contribution in [1.29, 1.82) is 0 Å². The van der Waals surface area contributed by atoms with Gasteiger partial charge in [-0.05, 0) is 48.4 Å². The number of aliphatic carboxylic acids is 1. The summed E-state index contributed by atoms with van der Waals surface area (Å²) in [5.74, 6) is 0.0815. The van der Waals surface area contributed by atoms with Gasteiger partial charge in [-0.2, -0.15) is 0 Å². The Morgan fingerprint density at radius 1 is 1.40 bits per heavy atom. The first kappa shape index (κ1) is 14.6. The Kier molecular flexibility index (Phi) is 4.12. The van der Waals surface area contributed by atoms with E-state index in [1.165, 1.54) is 12.8 Å². The van der Waals surface area contributed by atoms with E-state index in [2.05, 4.69) is 23.7 Å². The van der Waals surface area contributed by atoms with Gasteiger partial charge in [0, 0.05) is 25.4 Å². The minimum absolute atomic E-state index is 0.425. The summed E-state index contributed by atoms with van der Waals surface area (Å²) in [7, 11) is 0. The number of carbonyl (C=O) groups is 1. The summed E-state index contributed by atoms with van der Waals surface area (Å²) in [6, 6.07) is 1.99. The third-order valence-electron chi connectivity index (χ3n) is 3.91. The maximum absolute atomic E-state index is 10.5. The molecule has 108 valence electrons. The number of pyridine rings is 1. The Bertz CT molecular complexity index is 525. The van der Waals surface area contributed by atoms with E-state index in [9.17, 15) is 4.79 Å². The van der Waals surface area contributed by atoms with Crippen molar-refractivity contribution in [2.45, 2.75) is 33.6 Å². The Morgan fingerprint density at radius 3 is 2.60 bits per heavy atom. The predicted octanol–water partition coefficient (Wildman–Crippen LogP) is 3.11. The van der Waals surface area contributed by atoms with Crippen molar-refractivity contribution < 1.29 is 9.90 Å². The van der Waals surface area contributed by atoms with E-state index < -0.39 is 5.97 Å². The number of hydrogen-bond donors (Lipinski definition) is 1. The van der Waals surface area contributed by atoms with Gasteiger partial charge in [-0.25, -0.2) is 9.78 Å². The van der Waals surface area contributed by atoms with Crippen LogP contribution >= 0.6 is 0 Å². The van der Waals surface area contributed by atoms with Crippen molar-refractivity contribution in [2.24, 2.45) is 5.41 Å². The van der Waals surface area contributed by atoms with Gasteiger partial charge in [-0.3, -0.25) is 0 Å². The van der Waals surface area contributed by atoms with Crippen molar-refractivity contribution in [3.8, 4) is 0 Å². The third-order valence-corrected chi connectivity index (χ3v) is 3.91. The lowest BCUT2D eigenvalue weighted by molar-refractivity contribution is -0.131. The zero-order valence-electron chi connectivity index (χ0n) is 12.4. The lowest BCUT2D eigenvalue weighted by Crippen LogP contribution is -2.38. The van der Waals surface area contributed by atoms with Crippen LogP contribution in [0.15, 0.2) is 18.3 Å². The molecule has 0 aliphatic carbocycles. The molecule has 4 nitrogen and oxygen atoms in total. The highest BCUT2D eigenvalue weighted by Gasteiger charge is 2.26. The van der Waals surface area contributed by atoms with Crippen LogP contribution in [0.4, 0.5) is 5.82 Å². The molecule has 0 unspecified atom stereocenters. The molecular formula is C16H22N2O2. The average molecular weight is 274 g/mol. The minimum atomic E-state index is -0.940. The molecule has 1 aliphatic heterocycles. The van der Waals surface area contributed by atoms with Crippen LogP contribution in [0.2, 0.25) is 0 Å². The molecule has 0 amide bonds. The summed E-state index contributed by atoms with van der Waals surface area (Å²) in [6.45, 7) is 8.71. The number of carboxylic acids is 1. The molecular weight excluding hydrogens is 252 g/mol. The quantitative estimate of drug-likeness (QED) is 0.860. The predicted molar refractivity (Wildman–Crippen MR) is 80.9 cm³/mol. The van der Waals surface area contributed by atoms with Crippen molar-refractivity contribution in [2.75, 3.05) is 18.0 Å². The first-order valence-corrected chi connectivity index (χ1v) is 7.00. The van der Waals surface area contributed by atoms with Gasteiger partial charge in [0.2, 0.25) is 0 Å². The number of carboxylic acid groups (broad SMARTS) is 1. The van der Waals surface area contributed by atoms with E-state index in [1.54, 1.807) is 12.3 Å². The van der Waals surface area contributed by atoms with Gasteiger partial charge in [0.1, 0.15) is 5.82 Å². The SMILES string of the molecule is Cc1cc(/C=C/C(=O)O)cnc1N1CCC(C)(C)CC1. The van der Waals surface area contributed by atoms with Gasteiger partial charge in [0.25, 0.3) is 0 Å². The summed E-state index contributed by atoms with van der Waals surface area (Å²) in [4.78, 5) is 17.4. The molecule has 1 fully saturated rings. The van der Waals surface area contributed by atoms with E-state index in [0.717, 1.165) is 36.1 Å². The fraction of sp³-hybridized carbons (Fsp3) is 0.500. The van der Waals surface area contributed by atoms with Crippen LogP contribution in [0.1, 0.15) is 37.8 Å². The lowest BCUT2D eigenvalue weighted by Gasteiger charge is -2.38. The number of rotatable bonds is 3. The molecule has 2 rings (SSSR count). The van der Waals surface area contributed by atoms with Crippen molar-refractivity contribution in [3.05, 3.63) is 29.5 Å². The molecule has 2 heterocycles. The van der Waals surface area contributed by atoms with E-state index >= 15 is 0 Å². The number of piperidine rings is 1. The van der Waals surface area contributed by atoms with Gasteiger partial charge in [0.15, 0.2) is 0 Å². The van der Waals surface area contributed by atoms with Crippen LogP contribution in [0.3, 0.4) is 0 Å². The van der Waals surface area contributed by atoms with Crippen LogP contribution in [-0.4, -0.2) is 29.1 Å². The number of aryl methyl sites for hydroxylation is 1. The molecule has 1 aromatic heterocycles. The Morgan fingerprint density at radius 2 is 2.05 bits per heavy atom. The fourth-order valence-electron chi connectivity index (χ4n) is 2.50. The second-order valence-electron chi connectivity index (χ2n) is 6.23. The molecule has 20 heavy (non-hydrogen) atoms. The average Bonchev–Trinajstić information content (AvgIpc) is 2.37. The molecule has 1 aliphatic rings. The minimum Gasteiger partial charge on any atom is -0.478 e. The maximum Gasteiger partial charge on any atom is 0.328 e. The molecule has 0 atom stereocenters. The molecule has 0 radical (unpaired) electrons. The van der Waals surface area contributed by atoms with E-state index in [0.29, 0.717) is 5.41 Å². The molecule has 1 aromatic rings. The van der Waals surface area contributed by atoms with E-state index in [-0.39, 0.29) is 0 Å². The van der Waals surface area contributed by atoms with E-state index in [4.69, 9.17) is 5.11 Å². The smallest absolute Gasteiger partial charge is 0.328 e. The fourth-order valence-corrected chi connectivity index (χ4v) is 2.50. The highest BCUT2D eigenvalue weighted by atomic mass is 16.4. The molecule has 0 saturated carbocycles. The third kappa shape index (κ3) is 3.59. The van der Waals surface area contributed by atoms with Gasteiger partial charge in [-0.15, -0.1) is 0 Å². The van der Waals surface area contributed by atoms with Crippen LogP contribution in [0, 0.1) is 12.3 Å².